The molecule has 5 rings (SSSR count). The number of carbonyl (C=O) groups is 1. The Hall–Kier alpha value is -3.16. The highest BCUT2D eigenvalue weighted by Gasteiger charge is 2.42. The number of aromatic nitrogens is 2. The van der Waals surface area contributed by atoms with E-state index in [9.17, 15) is 4.79 Å². The van der Waals surface area contributed by atoms with Crippen molar-refractivity contribution in [2.75, 3.05) is 46.5 Å². The van der Waals surface area contributed by atoms with E-state index in [0.717, 1.165) is 61.0 Å². The standard InChI is InChI=1S/C27H32N4O3/c1-18(2)19-4-6-21(7-5-19)26-23-24(20-8-10-22(33-3)11-9-20)28-29-25(23)27(32)31(26)13-12-30-14-16-34-17-15-30/h4-11,18,26H,12-17H2,1-3H3,(H,28,29). The molecule has 0 radical (unpaired) electrons. The number of hydrogen-bond acceptors (Lipinski definition) is 5. The van der Waals surface area contributed by atoms with Crippen LogP contribution in [-0.4, -0.2) is 72.4 Å². The first kappa shape index (κ1) is 22.6. The van der Waals surface area contributed by atoms with E-state index in [0.29, 0.717) is 18.2 Å². The van der Waals surface area contributed by atoms with Crippen LogP contribution in [0.3, 0.4) is 0 Å². The average Bonchev–Trinajstić information content (AvgIpc) is 3.42. The molecule has 1 aromatic heterocycles. The predicted molar refractivity (Wildman–Crippen MR) is 131 cm³/mol. The van der Waals surface area contributed by atoms with E-state index >= 15 is 0 Å². The summed E-state index contributed by atoms with van der Waals surface area (Å²) in [7, 11) is 1.66. The zero-order valence-corrected chi connectivity index (χ0v) is 20.1. The summed E-state index contributed by atoms with van der Waals surface area (Å²) in [6.07, 6.45) is 0. The summed E-state index contributed by atoms with van der Waals surface area (Å²) in [5.74, 6) is 1.25. The number of nitrogens with zero attached hydrogens (tertiary/aromatic N) is 3. The van der Waals surface area contributed by atoms with E-state index in [4.69, 9.17) is 9.47 Å². The smallest absolute Gasteiger partial charge is 0.273 e. The number of ether oxygens (including phenoxy) is 2. The van der Waals surface area contributed by atoms with Gasteiger partial charge in [-0.15, -0.1) is 0 Å². The van der Waals surface area contributed by atoms with E-state index in [-0.39, 0.29) is 11.9 Å². The number of amides is 1. The van der Waals surface area contributed by atoms with Gasteiger partial charge in [0.2, 0.25) is 0 Å². The SMILES string of the molecule is COc1ccc(-c2n[nH]c3c2C(c2ccc(C(C)C)cc2)N(CCN2CCOCC2)C3=O)cc1. The van der Waals surface area contributed by atoms with Crippen LogP contribution in [-0.2, 0) is 4.74 Å². The topological polar surface area (TPSA) is 70.7 Å². The van der Waals surface area contributed by atoms with E-state index in [1.165, 1.54) is 5.56 Å². The monoisotopic (exact) mass is 460 g/mol. The fourth-order valence-corrected chi connectivity index (χ4v) is 4.88. The number of benzene rings is 2. The summed E-state index contributed by atoms with van der Waals surface area (Å²) in [4.78, 5) is 17.9. The van der Waals surface area contributed by atoms with Gasteiger partial charge in [0.1, 0.15) is 11.4 Å². The molecular formula is C27H32N4O3. The molecule has 0 aliphatic carbocycles. The van der Waals surface area contributed by atoms with Gasteiger partial charge in [0.05, 0.1) is 32.1 Å². The predicted octanol–water partition coefficient (Wildman–Crippen LogP) is 4.09. The molecule has 1 atom stereocenters. The third-order valence-electron chi connectivity index (χ3n) is 6.91. The highest BCUT2D eigenvalue weighted by molar-refractivity contribution is 6.00. The minimum atomic E-state index is -0.180. The maximum absolute atomic E-state index is 13.6. The molecule has 0 spiro atoms. The molecule has 1 N–H and O–H groups in total. The quantitative estimate of drug-likeness (QED) is 0.575. The Labute approximate surface area is 200 Å². The number of hydrogen-bond donors (Lipinski definition) is 1. The number of rotatable bonds is 7. The first-order chi connectivity index (χ1) is 16.6. The van der Waals surface area contributed by atoms with Gasteiger partial charge in [-0.3, -0.25) is 14.8 Å². The summed E-state index contributed by atoms with van der Waals surface area (Å²) in [5, 5.41) is 7.63. The van der Waals surface area contributed by atoms with E-state index < -0.39 is 0 Å². The van der Waals surface area contributed by atoms with Crippen molar-refractivity contribution >= 4 is 5.91 Å². The van der Waals surface area contributed by atoms with Crippen molar-refractivity contribution < 1.29 is 14.3 Å². The molecule has 7 nitrogen and oxygen atoms in total. The number of aromatic amines is 1. The van der Waals surface area contributed by atoms with E-state index in [1.807, 2.05) is 29.2 Å². The number of nitrogens with one attached hydrogen (secondary N) is 1. The molecule has 0 saturated carbocycles. The minimum Gasteiger partial charge on any atom is -0.497 e. The minimum absolute atomic E-state index is 0.00783. The first-order valence-corrected chi connectivity index (χ1v) is 12.0. The van der Waals surface area contributed by atoms with Gasteiger partial charge in [0.15, 0.2) is 0 Å². The second-order valence-electron chi connectivity index (χ2n) is 9.27. The van der Waals surface area contributed by atoms with Crippen molar-refractivity contribution in [1.82, 2.24) is 20.0 Å². The lowest BCUT2D eigenvalue weighted by molar-refractivity contribution is 0.0316. The number of carbonyl (C=O) groups excluding carboxylic acids is 1. The average molecular weight is 461 g/mol. The Morgan fingerprint density at radius 3 is 2.41 bits per heavy atom. The van der Waals surface area contributed by atoms with Gasteiger partial charge in [-0.25, -0.2) is 0 Å². The van der Waals surface area contributed by atoms with Crippen molar-refractivity contribution in [2.24, 2.45) is 0 Å². The molecule has 2 aliphatic heterocycles. The molecule has 1 saturated heterocycles. The molecule has 3 aromatic rings. The van der Waals surface area contributed by atoms with Gasteiger partial charge in [0, 0.05) is 37.3 Å². The summed E-state index contributed by atoms with van der Waals surface area (Å²) in [6, 6.07) is 16.3. The third-order valence-corrected chi connectivity index (χ3v) is 6.91. The van der Waals surface area contributed by atoms with Gasteiger partial charge in [-0.1, -0.05) is 38.1 Å². The largest absolute Gasteiger partial charge is 0.497 e. The molecule has 1 amide bonds. The summed E-state index contributed by atoms with van der Waals surface area (Å²) >= 11 is 0. The van der Waals surface area contributed by atoms with Crippen LogP contribution in [0.15, 0.2) is 48.5 Å². The van der Waals surface area contributed by atoms with Gasteiger partial charge in [-0.05, 0) is 41.3 Å². The Morgan fingerprint density at radius 2 is 1.76 bits per heavy atom. The van der Waals surface area contributed by atoms with Crippen LogP contribution in [0.1, 0.15) is 53.0 Å². The second kappa shape index (κ2) is 9.60. The highest BCUT2D eigenvalue weighted by Crippen LogP contribution is 2.43. The Kier molecular flexibility index (Phi) is 6.39. The third kappa shape index (κ3) is 4.21. The van der Waals surface area contributed by atoms with E-state index in [2.05, 4.69) is 53.2 Å². The molecule has 7 heteroatoms. The number of morpholine rings is 1. The summed E-state index contributed by atoms with van der Waals surface area (Å²) < 4.78 is 10.8. The van der Waals surface area contributed by atoms with Crippen molar-refractivity contribution in [3.8, 4) is 17.0 Å². The molecule has 178 valence electrons. The van der Waals surface area contributed by atoms with Gasteiger partial charge >= 0.3 is 0 Å². The Balaban J connectivity index is 1.52. The van der Waals surface area contributed by atoms with Crippen molar-refractivity contribution in [2.45, 2.75) is 25.8 Å². The Bertz CT molecular complexity index is 1130. The first-order valence-electron chi connectivity index (χ1n) is 12.0. The maximum Gasteiger partial charge on any atom is 0.273 e. The van der Waals surface area contributed by atoms with Crippen LogP contribution in [0.25, 0.3) is 11.3 Å². The molecule has 0 bridgehead atoms. The highest BCUT2D eigenvalue weighted by atomic mass is 16.5. The van der Waals surface area contributed by atoms with Crippen LogP contribution in [0, 0.1) is 0 Å². The number of fused-ring (bicyclic) bond motifs is 1. The van der Waals surface area contributed by atoms with Crippen LogP contribution < -0.4 is 4.74 Å². The van der Waals surface area contributed by atoms with Crippen molar-refractivity contribution in [1.29, 1.82) is 0 Å². The van der Waals surface area contributed by atoms with Crippen LogP contribution in [0.2, 0.25) is 0 Å². The van der Waals surface area contributed by atoms with Gasteiger partial charge in [-0.2, -0.15) is 5.10 Å². The van der Waals surface area contributed by atoms with Crippen LogP contribution >= 0.6 is 0 Å². The van der Waals surface area contributed by atoms with Gasteiger partial charge < -0.3 is 14.4 Å². The zero-order chi connectivity index (χ0) is 23.7. The van der Waals surface area contributed by atoms with Crippen molar-refractivity contribution in [3.63, 3.8) is 0 Å². The van der Waals surface area contributed by atoms with Crippen molar-refractivity contribution in [3.05, 3.63) is 70.9 Å². The lowest BCUT2D eigenvalue weighted by Gasteiger charge is -2.31. The molecule has 34 heavy (non-hydrogen) atoms. The Morgan fingerprint density at radius 1 is 1.06 bits per heavy atom. The summed E-state index contributed by atoms with van der Waals surface area (Å²) in [6.45, 7) is 9.17. The molecule has 3 heterocycles. The number of methoxy groups -OCH3 is 1. The maximum atomic E-state index is 13.6. The number of H-pyrrole nitrogens is 1. The van der Waals surface area contributed by atoms with Crippen LogP contribution in [0.4, 0.5) is 0 Å². The fraction of sp³-hybridized carbons (Fsp3) is 0.407. The lowest BCUT2D eigenvalue weighted by atomic mass is 9.94. The zero-order valence-electron chi connectivity index (χ0n) is 20.1. The van der Waals surface area contributed by atoms with Gasteiger partial charge in [0.25, 0.3) is 5.91 Å². The second-order valence-corrected chi connectivity index (χ2v) is 9.27. The van der Waals surface area contributed by atoms with Crippen LogP contribution in [0.5, 0.6) is 5.75 Å². The molecule has 2 aliphatic rings. The molecule has 2 aromatic carbocycles. The summed E-state index contributed by atoms with van der Waals surface area (Å²) in [5.41, 5.74) is 5.72. The molecule has 1 unspecified atom stereocenters. The fourth-order valence-electron chi connectivity index (χ4n) is 4.88. The van der Waals surface area contributed by atoms with E-state index in [1.54, 1.807) is 7.11 Å². The molecule has 1 fully saturated rings. The lowest BCUT2D eigenvalue weighted by Crippen LogP contribution is -2.42. The normalized spacial score (nSPS) is 18.5. The molecular weight excluding hydrogens is 428 g/mol.